The van der Waals surface area contributed by atoms with Gasteiger partial charge in [0.1, 0.15) is 24.0 Å². The highest BCUT2D eigenvalue weighted by Crippen LogP contribution is 2.19. The molecule has 0 radical (unpaired) electrons. The molecule has 0 aliphatic heterocycles. The monoisotopic (exact) mass is 400 g/mol. The fourth-order valence-corrected chi connectivity index (χ4v) is 3.00. The van der Waals surface area contributed by atoms with E-state index in [4.69, 9.17) is 9.47 Å². The molecular formula is C24H24N4O2. The number of aromatic nitrogens is 1. The SMILES string of the molecule is COCc1cc(C)nc(NN=Cc2ccc(OCc3cccc(C)c3)cc2)c1C#N. The van der Waals surface area contributed by atoms with Crippen LogP contribution in [0.1, 0.15) is 33.5 Å². The van der Waals surface area contributed by atoms with E-state index in [2.05, 4.69) is 40.6 Å². The van der Waals surface area contributed by atoms with Crippen LogP contribution in [0.5, 0.6) is 5.75 Å². The zero-order valence-electron chi connectivity index (χ0n) is 17.3. The van der Waals surface area contributed by atoms with Gasteiger partial charge in [-0.1, -0.05) is 29.8 Å². The van der Waals surface area contributed by atoms with E-state index < -0.39 is 0 Å². The lowest BCUT2D eigenvalue weighted by atomic mass is 10.1. The molecule has 1 N–H and O–H groups in total. The summed E-state index contributed by atoms with van der Waals surface area (Å²) in [5.41, 5.74) is 8.11. The maximum absolute atomic E-state index is 9.46. The van der Waals surface area contributed by atoms with Crippen LogP contribution in [0.25, 0.3) is 0 Å². The second kappa shape index (κ2) is 10.2. The van der Waals surface area contributed by atoms with Gasteiger partial charge in [-0.3, -0.25) is 5.43 Å². The third-order valence-electron chi connectivity index (χ3n) is 4.39. The summed E-state index contributed by atoms with van der Waals surface area (Å²) >= 11 is 0. The first-order valence-corrected chi connectivity index (χ1v) is 9.56. The Labute approximate surface area is 176 Å². The molecule has 0 spiro atoms. The first-order valence-electron chi connectivity index (χ1n) is 9.56. The van der Waals surface area contributed by atoms with Gasteiger partial charge in [-0.25, -0.2) is 4.98 Å². The van der Waals surface area contributed by atoms with Gasteiger partial charge in [0.05, 0.1) is 12.8 Å². The lowest BCUT2D eigenvalue weighted by molar-refractivity contribution is 0.184. The van der Waals surface area contributed by atoms with Gasteiger partial charge in [0.15, 0.2) is 5.82 Å². The summed E-state index contributed by atoms with van der Waals surface area (Å²) in [6.07, 6.45) is 1.67. The minimum absolute atomic E-state index is 0.342. The molecule has 0 amide bonds. The number of methoxy groups -OCH3 is 1. The number of rotatable bonds is 8. The van der Waals surface area contributed by atoms with Crippen LogP contribution in [0.4, 0.5) is 5.82 Å². The Morgan fingerprint density at radius 2 is 1.90 bits per heavy atom. The zero-order valence-corrected chi connectivity index (χ0v) is 17.3. The van der Waals surface area contributed by atoms with Crippen molar-refractivity contribution in [1.82, 2.24) is 4.98 Å². The number of nitriles is 1. The number of benzene rings is 2. The third kappa shape index (κ3) is 5.66. The normalized spacial score (nSPS) is 10.7. The van der Waals surface area contributed by atoms with E-state index >= 15 is 0 Å². The Morgan fingerprint density at radius 1 is 1.10 bits per heavy atom. The van der Waals surface area contributed by atoms with Crippen molar-refractivity contribution in [2.24, 2.45) is 5.10 Å². The number of hydrazone groups is 1. The number of ether oxygens (including phenoxy) is 2. The topological polar surface area (TPSA) is 79.5 Å². The summed E-state index contributed by atoms with van der Waals surface area (Å²) in [6.45, 7) is 4.80. The highest BCUT2D eigenvalue weighted by atomic mass is 16.5. The molecule has 0 bridgehead atoms. The van der Waals surface area contributed by atoms with E-state index in [1.165, 1.54) is 5.56 Å². The molecule has 2 aromatic carbocycles. The second-order valence-corrected chi connectivity index (χ2v) is 6.91. The highest BCUT2D eigenvalue weighted by Gasteiger charge is 2.10. The molecule has 0 fully saturated rings. The van der Waals surface area contributed by atoms with Crippen molar-refractivity contribution in [3.05, 3.63) is 88.1 Å². The van der Waals surface area contributed by atoms with E-state index in [0.29, 0.717) is 24.6 Å². The summed E-state index contributed by atoms with van der Waals surface area (Å²) in [7, 11) is 1.59. The van der Waals surface area contributed by atoms with Crippen LogP contribution in [-0.4, -0.2) is 18.3 Å². The summed E-state index contributed by atoms with van der Waals surface area (Å²) in [5, 5.41) is 13.7. The molecule has 0 aliphatic rings. The van der Waals surface area contributed by atoms with Crippen LogP contribution in [0.3, 0.4) is 0 Å². The van der Waals surface area contributed by atoms with Gasteiger partial charge in [0, 0.05) is 18.4 Å². The number of hydrogen-bond acceptors (Lipinski definition) is 6. The number of nitrogens with zero attached hydrogens (tertiary/aromatic N) is 3. The predicted molar refractivity (Wildman–Crippen MR) is 118 cm³/mol. The maximum atomic E-state index is 9.46. The molecule has 0 unspecified atom stereocenters. The Balaban J connectivity index is 1.62. The molecule has 1 aromatic heterocycles. The molecule has 1 heterocycles. The van der Waals surface area contributed by atoms with Crippen molar-refractivity contribution >= 4 is 12.0 Å². The average Bonchev–Trinajstić information content (AvgIpc) is 2.73. The van der Waals surface area contributed by atoms with E-state index in [9.17, 15) is 5.26 Å². The Bertz CT molecular complexity index is 1070. The first kappa shape index (κ1) is 21.0. The Kier molecular flexibility index (Phi) is 7.14. The lowest BCUT2D eigenvalue weighted by Gasteiger charge is -2.09. The van der Waals surface area contributed by atoms with E-state index in [1.54, 1.807) is 13.3 Å². The van der Waals surface area contributed by atoms with Crippen molar-refractivity contribution in [2.45, 2.75) is 27.1 Å². The molecule has 6 heteroatoms. The molecule has 0 saturated carbocycles. The number of nitrogens with one attached hydrogen (secondary N) is 1. The quantitative estimate of drug-likeness (QED) is 0.436. The first-order chi connectivity index (χ1) is 14.6. The summed E-state index contributed by atoms with van der Waals surface area (Å²) in [5.74, 6) is 1.21. The molecule has 0 atom stereocenters. The largest absolute Gasteiger partial charge is 0.489 e. The highest BCUT2D eigenvalue weighted by molar-refractivity contribution is 5.80. The standard InChI is InChI=1S/C24H24N4O2/c1-17-5-4-6-20(11-17)15-30-22-9-7-19(8-10-22)14-26-28-24-23(13-25)21(16-29-3)12-18(2)27-24/h4-12,14H,15-16H2,1-3H3,(H,27,28). The fraction of sp³-hybridized carbons (Fsp3) is 0.208. The molecule has 0 aliphatic carbocycles. The number of aryl methyl sites for hydroxylation is 2. The van der Waals surface area contributed by atoms with Gasteiger partial charge in [0.25, 0.3) is 0 Å². The smallest absolute Gasteiger partial charge is 0.164 e. The molecular weight excluding hydrogens is 376 g/mol. The van der Waals surface area contributed by atoms with Crippen molar-refractivity contribution < 1.29 is 9.47 Å². The third-order valence-corrected chi connectivity index (χ3v) is 4.39. The minimum atomic E-state index is 0.342. The van der Waals surface area contributed by atoms with Crippen LogP contribution in [0, 0.1) is 25.2 Å². The van der Waals surface area contributed by atoms with E-state index in [0.717, 1.165) is 28.1 Å². The molecule has 3 rings (SSSR count). The van der Waals surface area contributed by atoms with Crippen LogP contribution < -0.4 is 10.2 Å². The van der Waals surface area contributed by atoms with Crippen LogP contribution in [0.2, 0.25) is 0 Å². The van der Waals surface area contributed by atoms with E-state index in [1.807, 2.05) is 49.4 Å². The van der Waals surface area contributed by atoms with Gasteiger partial charge in [-0.15, -0.1) is 0 Å². The molecule has 3 aromatic rings. The number of anilines is 1. The molecule has 152 valence electrons. The number of pyridine rings is 1. The average molecular weight is 400 g/mol. The van der Waals surface area contributed by atoms with Crippen molar-refractivity contribution in [1.29, 1.82) is 5.26 Å². The van der Waals surface area contributed by atoms with Crippen molar-refractivity contribution in [2.75, 3.05) is 12.5 Å². The van der Waals surface area contributed by atoms with Gasteiger partial charge in [-0.05, 0) is 55.3 Å². The molecule has 0 saturated heterocycles. The van der Waals surface area contributed by atoms with Gasteiger partial charge < -0.3 is 9.47 Å². The van der Waals surface area contributed by atoms with E-state index in [-0.39, 0.29) is 0 Å². The second-order valence-electron chi connectivity index (χ2n) is 6.91. The van der Waals surface area contributed by atoms with Crippen LogP contribution >= 0.6 is 0 Å². The Hall–Kier alpha value is -3.69. The fourth-order valence-electron chi connectivity index (χ4n) is 3.00. The number of hydrogen-bond donors (Lipinski definition) is 1. The summed E-state index contributed by atoms with van der Waals surface area (Å²) in [6, 6.07) is 19.9. The zero-order chi connectivity index (χ0) is 21.3. The van der Waals surface area contributed by atoms with Gasteiger partial charge in [0.2, 0.25) is 0 Å². The molecule has 30 heavy (non-hydrogen) atoms. The summed E-state index contributed by atoms with van der Waals surface area (Å²) in [4.78, 5) is 4.37. The minimum Gasteiger partial charge on any atom is -0.489 e. The van der Waals surface area contributed by atoms with Gasteiger partial charge >= 0.3 is 0 Å². The predicted octanol–water partition coefficient (Wildman–Crippen LogP) is 4.74. The molecule has 6 nitrogen and oxygen atoms in total. The summed E-state index contributed by atoms with van der Waals surface area (Å²) < 4.78 is 11.0. The van der Waals surface area contributed by atoms with Crippen LogP contribution in [0.15, 0.2) is 59.7 Å². The Morgan fingerprint density at radius 3 is 2.60 bits per heavy atom. The van der Waals surface area contributed by atoms with Crippen LogP contribution in [-0.2, 0) is 18.0 Å². The van der Waals surface area contributed by atoms with Gasteiger partial charge in [-0.2, -0.15) is 10.4 Å². The van der Waals surface area contributed by atoms with Crippen molar-refractivity contribution in [3.63, 3.8) is 0 Å². The van der Waals surface area contributed by atoms with Crippen molar-refractivity contribution in [3.8, 4) is 11.8 Å². The lowest BCUT2D eigenvalue weighted by Crippen LogP contribution is -2.03. The maximum Gasteiger partial charge on any atom is 0.164 e.